The van der Waals surface area contributed by atoms with Gasteiger partial charge in [0.05, 0.1) is 11.2 Å². The molecular weight excluding hydrogens is 473 g/mol. The molecule has 2 aromatic carbocycles. The summed E-state index contributed by atoms with van der Waals surface area (Å²) >= 11 is 0. The van der Waals surface area contributed by atoms with Gasteiger partial charge in [0.15, 0.2) is 5.76 Å². The minimum Gasteiger partial charge on any atom is -0.459 e. The van der Waals surface area contributed by atoms with Gasteiger partial charge in [-0.3, -0.25) is 4.79 Å². The van der Waals surface area contributed by atoms with Crippen LogP contribution < -0.4 is 4.90 Å². The standard InChI is InChI=1S/C25H22FN3O5S/c1-17-4-2-5-18(16-17)24(30)28-11-13-29(14-12-28)25-23(27-22(34-25)21-6-3-15-33-21)35(31,32)20-9-7-19(26)8-10-20/h2-10,15-16H,11-14H2,1H3. The summed E-state index contributed by atoms with van der Waals surface area (Å²) in [6.07, 6.45) is 1.43. The number of aryl methyl sites for hydroxylation is 1. The summed E-state index contributed by atoms with van der Waals surface area (Å²) in [5.74, 6) is -0.274. The molecule has 1 aliphatic heterocycles. The molecule has 8 nitrogen and oxygen atoms in total. The van der Waals surface area contributed by atoms with Crippen LogP contribution in [0, 0.1) is 12.7 Å². The molecule has 180 valence electrons. The van der Waals surface area contributed by atoms with E-state index in [2.05, 4.69) is 4.98 Å². The van der Waals surface area contributed by atoms with Gasteiger partial charge in [0.1, 0.15) is 5.82 Å². The van der Waals surface area contributed by atoms with E-state index in [0.717, 1.165) is 17.7 Å². The second-order valence-corrected chi connectivity index (χ2v) is 10.1. The monoisotopic (exact) mass is 495 g/mol. The molecule has 0 N–H and O–H groups in total. The molecule has 35 heavy (non-hydrogen) atoms. The Hall–Kier alpha value is -3.92. The number of aromatic nitrogens is 1. The van der Waals surface area contributed by atoms with Gasteiger partial charge >= 0.3 is 0 Å². The van der Waals surface area contributed by atoms with Crippen LogP contribution in [0.2, 0.25) is 0 Å². The van der Waals surface area contributed by atoms with Gasteiger partial charge < -0.3 is 18.6 Å². The van der Waals surface area contributed by atoms with E-state index in [4.69, 9.17) is 8.83 Å². The number of carbonyl (C=O) groups excluding carboxylic acids is 1. The Morgan fingerprint density at radius 1 is 1.00 bits per heavy atom. The third-order valence-electron chi connectivity index (χ3n) is 5.81. The quantitative estimate of drug-likeness (QED) is 0.383. The number of nitrogens with zero attached hydrogens (tertiary/aromatic N) is 3. The summed E-state index contributed by atoms with van der Waals surface area (Å²) in [6.45, 7) is 3.37. The topological polar surface area (TPSA) is 96.9 Å². The number of furan rings is 1. The van der Waals surface area contributed by atoms with Gasteiger partial charge in [-0.1, -0.05) is 17.7 Å². The normalized spacial score (nSPS) is 14.3. The Bertz CT molecular complexity index is 1460. The second kappa shape index (κ2) is 9.03. The molecular formula is C25H22FN3O5S. The maximum atomic E-state index is 13.4. The highest BCUT2D eigenvalue weighted by atomic mass is 32.2. The van der Waals surface area contributed by atoms with Crippen molar-refractivity contribution in [3.05, 3.63) is 83.9 Å². The number of oxazole rings is 1. The molecule has 1 fully saturated rings. The summed E-state index contributed by atoms with van der Waals surface area (Å²) in [5.41, 5.74) is 1.61. The highest BCUT2D eigenvalue weighted by Crippen LogP contribution is 2.35. The number of anilines is 1. The Kier molecular flexibility index (Phi) is 5.89. The van der Waals surface area contributed by atoms with E-state index in [1.165, 1.54) is 18.4 Å². The van der Waals surface area contributed by atoms with Crippen molar-refractivity contribution in [2.75, 3.05) is 31.1 Å². The van der Waals surface area contributed by atoms with Crippen molar-refractivity contribution in [1.29, 1.82) is 0 Å². The van der Waals surface area contributed by atoms with Crippen molar-refractivity contribution in [3.8, 4) is 11.7 Å². The second-order valence-electron chi connectivity index (χ2n) is 8.21. The van der Waals surface area contributed by atoms with Crippen LogP contribution in [0.3, 0.4) is 0 Å². The molecule has 0 aliphatic carbocycles. The fourth-order valence-corrected chi connectivity index (χ4v) is 5.30. The number of amides is 1. The highest BCUT2D eigenvalue weighted by Gasteiger charge is 2.34. The first kappa shape index (κ1) is 22.9. The zero-order valence-electron chi connectivity index (χ0n) is 18.8. The number of halogens is 1. The van der Waals surface area contributed by atoms with E-state index in [0.29, 0.717) is 31.7 Å². The minimum absolute atomic E-state index is 0.0175. The molecule has 4 aromatic rings. The van der Waals surface area contributed by atoms with E-state index in [-0.39, 0.29) is 33.4 Å². The molecule has 5 rings (SSSR count). The third kappa shape index (κ3) is 4.44. The van der Waals surface area contributed by atoms with E-state index < -0.39 is 15.7 Å². The summed E-state index contributed by atoms with van der Waals surface area (Å²) < 4.78 is 51.5. The summed E-state index contributed by atoms with van der Waals surface area (Å²) in [5, 5.41) is -0.283. The van der Waals surface area contributed by atoms with Gasteiger partial charge in [0.2, 0.25) is 20.7 Å². The third-order valence-corrected chi connectivity index (χ3v) is 7.48. The van der Waals surface area contributed by atoms with Crippen LogP contribution in [-0.2, 0) is 9.84 Å². The first-order valence-corrected chi connectivity index (χ1v) is 12.5. The first-order valence-electron chi connectivity index (χ1n) is 11.0. The van der Waals surface area contributed by atoms with Gasteiger partial charge in [0.25, 0.3) is 11.8 Å². The summed E-state index contributed by atoms with van der Waals surface area (Å²) in [6, 6.07) is 15.2. The Balaban J connectivity index is 1.44. The van der Waals surface area contributed by atoms with Crippen molar-refractivity contribution in [2.24, 2.45) is 0 Å². The van der Waals surface area contributed by atoms with Crippen LogP contribution in [0.25, 0.3) is 11.7 Å². The Morgan fingerprint density at radius 2 is 1.74 bits per heavy atom. The number of hydrogen-bond acceptors (Lipinski definition) is 7. The lowest BCUT2D eigenvalue weighted by Gasteiger charge is -2.34. The summed E-state index contributed by atoms with van der Waals surface area (Å²) in [4.78, 5) is 20.5. The van der Waals surface area contributed by atoms with Crippen LogP contribution in [0.5, 0.6) is 0 Å². The van der Waals surface area contributed by atoms with Gasteiger partial charge in [-0.05, 0) is 55.5 Å². The molecule has 0 saturated carbocycles. The van der Waals surface area contributed by atoms with Crippen molar-refractivity contribution in [1.82, 2.24) is 9.88 Å². The molecule has 3 heterocycles. The average molecular weight is 496 g/mol. The van der Waals surface area contributed by atoms with Crippen molar-refractivity contribution < 1.29 is 26.4 Å². The summed E-state index contributed by atoms with van der Waals surface area (Å²) in [7, 11) is -4.12. The molecule has 0 spiro atoms. The number of benzene rings is 2. The average Bonchev–Trinajstić information content (AvgIpc) is 3.55. The Morgan fingerprint density at radius 3 is 2.40 bits per heavy atom. The Labute approximate surface area is 201 Å². The van der Waals surface area contributed by atoms with Crippen LogP contribution >= 0.6 is 0 Å². The van der Waals surface area contributed by atoms with Crippen LogP contribution in [-0.4, -0.2) is 50.4 Å². The number of hydrogen-bond donors (Lipinski definition) is 0. The van der Waals surface area contributed by atoms with Gasteiger partial charge in [-0.15, -0.1) is 0 Å². The van der Waals surface area contributed by atoms with E-state index >= 15 is 0 Å². The van der Waals surface area contributed by atoms with Crippen LogP contribution in [0.1, 0.15) is 15.9 Å². The fourth-order valence-electron chi connectivity index (χ4n) is 3.98. The maximum Gasteiger partial charge on any atom is 0.266 e. The molecule has 0 unspecified atom stereocenters. The lowest BCUT2D eigenvalue weighted by molar-refractivity contribution is 0.0745. The van der Waals surface area contributed by atoms with Gasteiger partial charge in [0, 0.05) is 31.7 Å². The molecule has 0 atom stereocenters. The molecule has 0 radical (unpaired) electrons. The number of piperazine rings is 1. The lowest BCUT2D eigenvalue weighted by atomic mass is 10.1. The van der Waals surface area contributed by atoms with Crippen LogP contribution in [0.15, 0.2) is 85.7 Å². The fraction of sp³-hybridized carbons (Fsp3) is 0.200. The molecule has 10 heteroatoms. The van der Waals surface area contributed by atoms with E-state index in [1.807, 2.05) is 25.1 Å². The largest absolute Gasteiger partial charge is 0.459 e. The lowest BCUT2D eigenvalue weighted by Crippen LogP contribution is -2.49. The van der Waals surface area contributed by atoms with Crippen LogP contribution in [0.4, 0.5) is 10.3 Å². The molecule has 1 amide bonds. The number of rotatable bonds is 5. The maximum absolute atomic E-state index is 13.4. The minimum atomic E-state index is -4.12. The van der Waals surface area contributed by atoms with E-state index in [9.17, 15) is 17.6 Å². The van der Waals surface area contributed by atoms with Gasteiger partial charge in [-0.2, -0.15) is 4.98 Å². The highest BCUT2D eigenvalue weighted by molar-refractivity contribution is 7.91. The number of carbonyl (C=O) groups is 1. The first-order chi connectivity index (χ1) is 16.8. The molecule has 1 aliphatic rings. The number of sulfone groups is 1. The zero-order chi connectivity index (χ0) is 24.6. The SMILES string of the molecule is Cc1cccc(C(=O)N2CCN(c3oc(-c4ccco4)nc3S(=O)(=O)c3ccc(F)cc3)CC2)c1. The smallest absolute Gasteiger partial charge is 0.266 e. The molecule has 2 aromatic heterocycles. The zero-order valence-corrected chi connectivity index (χ0v) is 19.7. The predicted molar refractivity (Wildman–Crippen MR) is 125 cm³/mol. The van der Waals surface area contributed by atoms with E-state index in [1.54, 1.807) is 28.0 Å². The van der Waals surface area contributed by atoms with Gasteiger partial charge in [-0.25, -0.2) is 12.8 Å². The molecule has 0 bridgehead atoms. The molecule has 1 saturated heterocycles. The predicted octanol–water partition coefficient (Wildman–Crippen LogP) is 4.18. The van der Waals surface area contributed by atoms with Crippen molar-refractivity contribution >= 4 is 21.6 Å². The van der Waals surface area contributed by atoms with Crippen molar-refractivity contribution in [3.63, 3.8) is 0 Å². The van der Waals surface area contributed by atoms with Crippen molar-refractivity contribution in [2.45, 2.75) is 16.8 Å².